The third-order valence-corrected chi connectivity index (χ3v) is 8.19. The Morgan fingerprint density at radius 3 is 2.12 bits per heavy atom. The number of nitrogens with zero attached hydrogens (tertiary/aromatic N) is 3. The van der Waals surface area contributed by atoms with Gasteiger partial charge in [-0.3, -0.25) is 4.79 Å². The molecule has 172 valence electrons. The minimum absolute atomic E-state index is 0.143. The Bertz CT molecular complexity index is 1030. The molecule has 0 unspecified atom stereocenters. The summed E-state index contributed by atoms with van der Waals surface area (Å²) in [5.74, 6) is 0.252. The number of ether oxygens (including phenoxy) is 1. The van der Waals surface area contributed by atoms with Crippen LogP contribution in [0.25, 0.3) is 0 Å². The SMILES string of the molecule is COc1ccc(S(=O)(=O)N2CCN(c3ccccc3)CC2)cc1C(=O)N1CCCCCC1. The molecule has 0 aliphatic carbocycles. The van der Waals surface area contributed by atoms with Gasteiger partial charge in [0, 0.05) is 45.0 Å². The van der Waals surface area contributed by atoms with Crippen molar-refractivity contribution in [2.75, 3.05) is 51.3 Å². The third kappa shape index (κ3) is 4.76. The topological polar surface area (TPSA) is 70.2 Å². The fourth-order valence-electron chi connectivity index (χ4n) is 4.43. The van der Waals surface area contributed by atoms with E-state index in [2.05, 4.69) is 4.90 Å². The minimum Gasteiger partial charge on any atom is -0.496 e. The molecule has 0 saturated carbocycles. The van der Waals surface area contributed by atoms with Gasteiger partial charge < -0.3 is 14.5 Å². The summed E-state index contributed by atoms with van der Waals surface area (Å²) in [4.78, 5) is 17.4. The Morgan fingerprint density at radius 2 is 1.50 bits per heavy atom. The second-order valence-electron chi connectivity index (χ2n) is 8.30. The molecule has 2 saturated heterocycles. The van der Waals surface area contributed by atoms with Gasteiger partial charge in [-0.15, -0.1) is 0 Å². The van der Waals surface area contributed by atoms with Crippen LogP contribution in [0.5, 0.6) is 5.75 Å². The average molecular weight is 458 g/mol. The largest absolute Gasteiger partial charge is 0.496 e. The fraction of sp³-hybridized carbons (Fsp3) is 0.458. The van der Waals surface area contributed by atoms with E-state index in [9.17, 15) is 13.2 Å². The van der Waals surface area contributed by atoms with E-state index in [-0.39, 0.29) is 10.8 Å². The van der Waals surface area contributed by atoms with E-state index in [0.717, 1.165) is 31.4 Å². The number of benzene rings is 2. The maximum atomic E-state index is 13.4. The molecule has 8 heteroatoms. The second-order valence-corrected chi connectivity index (χ2v) is 10.2. The van der Waals surface area contributed by atoms with Gasteiger partial charge in [0.05, 0.1) is 17.6 Å². The molecule has 0 aromatic heterocycles. The Morgan fingerprint density at radius 1 is 0.844 bits per heavy atom. The van der Waals surface area contributed by atoms with Crippen LogP contribution in [0, 0.1) is 0 Å². The smallest absolute Gasteiger partial charge is 0.257 e. The van der Waals surface area contributed by atoms with Crippen molar-refractivity contribution in [2.24, 2.45) is 0 Å². The maximum Gasteiger partial charge on any atom is 0.257 e. The Balaban J connectivity index is 1.53. The van der Waals surface area contributed by atoms with Crippen LogP contribution >= 0.6 is 0 Å². The summed E-state index contributed by atoms with van der Waals surface area (Å²) in [6.07, 6.45) is 4.17. The average Bonchev–Trinajstić information content (AvgIpc) is 3.13. The van der Waals surface area contributed by atoms with Crippen molar-refractivity contribution < 1.29 is 17.9 Å². The second kappa shape index (κ2) is 9.92. The van der Waals surface area contributed by atoms with Gasteiger partial charge in [-0.05, 0) is 43.2 Å². The van der Waals surface area contributed by atoms with Gasteiger partial charge in [-0.25, -0.2) is 8.42 Å². The first-order chi connectivity index (χ1) is 15.5. The summed E-state index contributed by atoms with van der Waals surface area (Å²) < 4.78 is 33.7. The third-order valence-electron chi connectivity index (χ3n) is 6.29. The number of anilines is 1. The monoisotopic (exact) mass is 457 g/mol. The van der Waals surface area contributed by atoms with E-state index in [1.165, 1.54) is 23.5 Å². The molecular formula is C24H31N3O4S. The lowest BCUT2D eigenvalue weighted by atomic mass is 10.1. The Labute approximate surface area is 190 Å². The molecule has 7 nitrogen and oxygen atoms in total. The van der Waals surface area contributed by atoms with Crippen LogP contribution in [0.2, 0.25) is 0 Å². The molecule has 4 rings (SSSR count). The van der Waals surface area contributed by atoms with Crippen LogP contribution in [0.1, 0.15) is 36.0 Å². The maximum absolute atomic E-state index is 13.4. The van der Waals surface area contributed by atoms with E-state index in [4.69, 9.17) is 4.74 Å². The molecule has 0 N–H and O–H groups in total. The fourth-order valence-corrected chi connectivity index (χ4v) is 5.88. The van der Waals surface area contributed by atoms with Crippen molar-refractivity contribution >= 4 is 21.6 Å². The number of amides is 1. The van der Waals surface area contributed by atoms with Gasteiger partial charge in [0.2, 0.25) is 10.0 Å². The number of hydrogen-bond donors (Lipinski definition) is 0. The number of carbonyl (C=O) groups excluding carboxylic acids is 1. The van der Waals surface area contributed by atoms with E-state index in [1.807, 2.05) is 35.2 Å². The summed E-state index contributed by atoms with van der Waals surface area (Å²) in [7, 11) is -2.20. The molecule has 0 atom stereocenters. The van der Waals surface area contributed by atoms with Crippen molar-refractivity contribution in [3.63, 3.8) is 0 Å². The predicted octanol–water partition coefficient (Wildman–Crippen LogP) is 3.22. The van der Waals surface area contributed by atoms with E-state index >= 15 is 0 Å². The van der Waals surface area contributed by atoms with Gasteiger partial charge in [-0.1, -0.05) is 31.0 Å². The zero-order valence-electron chi connectivity index (χ0n) is 18.6. The molecular weight excluding hydrogens is 426 g/mol. The highest BCUT2D eigenvalue weighted by Crippen LogP contribution is 2.28. The molecule has 1 amide bonds. The van der Waals surface area contributed by atoms with Crippen LogP contribution < -0.4 is 9.64 Å². The molecule has 2 heterocycles. The van der Waals surface area contributed by atoms with E-state index < -0.39 is 10.0 Å². The van der Waals surface area contributed by atoms with Crippen LogP contribution in [0.3, 0.4) is 0 Å². The predicted molar refractivity (Wildman–Crippen MR) is 125 cm³/mol. The zero-order valence-corrected chi connectivity index (χ0v) is 19.4. The van der Waals surface area contributed by atoms with Gasteiger partial charge in [0.25, 0.3) is 5.91 Å². The molecule has 2 aliphatic heterocycles. The highest BCUT2D eigenvalue weighted by atomic mass is 32.2. The molecule has 0 spiro atoms. The lowest BCUT2D eigenvalue weighted by Gasteiger charge is -2.35. The summed E-state index contributed by atoms with van der Waals surface area (Å²) in [6.45, 7) is 3.44. The van der Waals surface area contributed by atoms with E-state index in [0.29, 0.717) is 50.6 Å². The van der Waals surface area contributed by atoms with Crippen LogP contribution in [-0.2, 0) is 10.0 Å². The lowest BCUT2D eigenvalue weighted by Crippen LogP contribution is -2.48. The number of likely N-dealkylation sites (tertiary alicyclic amines) is 1. The molecule has 32 heavy (non-hydrogen) atoms. The Hall–Kier alpha value is -2.58. The first-order valence-corrected chi connectivity index (χ1v) is 12.7. The molecule has 2 aromatic rings. The first-order valence-electron chi connectivity index (χ1n) is 11.3. The van der Waals surface area contributed by atoms with Crippen LogP contribution in [0.4, 0.5) is 5.69 Å². The standard InChI is InChI=1S/C24H31N3O4S/c1-31-23-12-11-21(19-22(23)24(28)26-13-7-2-3-8-14-26)32(29,30)27-17-15-25(16-18-27)20-9-5-4-6-10-20/h4-6,9-12,19H,2-3,7-8,13-18H2,1H3. The van der Waals surface area contributed by atoms with Crippen molar-refractivity contribution in [1.29, 1.82) is 0 Å². The van der Waals surface area contributed by atoms with Crippen LogP contribution in [0.15, 0.2) is 53.4 Å². The van der Waals surface area contributed by atoms with Crippen molar-refractivity contribution in [3.05, 3.63) is 54.1 Å². The highest BCUT2D eigenvalue weighted by molar-refractivity contribution is 7.89. The number of sulfonamides is 1. The number of para-hydroxylation sites is 1. The summed E-state index contributed by atoms with van der Waals surface area (Å²) in [5.41, 5.74) is 1.41. The summed E-state index contributed by atoms with van der Waals surface area (Å²) in [6, 6.07) is 14.6. The van der Waals surface area contributed by atoms with Gasteiger partial charge >= 0.3 is 0 Å². The Kier molecular flexibility index (Phi) is 7.01. The number of methoxy groups -OCH3 is 1. The lowest BCUT2D eigenvalue weighted by molar-refractivity contribution is 0.0758. The zero-order chi connectivity index (χ0) is 22.6. The van der Waals surface area contributed by atoms with Crippen LogP contribution in [-0.4, -0.2) is 69.9 Å². The number of rotatable bonds is 5. The number of hydrogen-bond acceptors (Lipinski definition) is 5. The number of carbonyl (C=O) groups is 1. The van der Waals surface area contributed by atoms with Crippen molar-refractivity contribution in [2.45, 2.75) is 30.6 Å². The summed E-state index contributed by atoms with van der Waals surface area (Å²) in [5, 5.41) is 0. The number of piperazine rings is 1. The van der Waals surface area contributed by atoms with Gasteiger partial charge in [0.1, 0.15) is 5.75 Å². The highest BCUT2D eigenvalue weighted by Gasteiger charge is 2.30. The molecule has 0 bridgehead atoms. The minimum atomic E-state index is -3.71. The summed E-state index contributed by atoms with van der Waals surface area (Å²) >= 11 is 0. The first kappa shape index (κ1) is 22.6. The molecule has 2 fully saturated rings. The quantitative estimate of drug-likeness (QED) is 0.690. The molecule has 2 aromatic carbocycles. The van der Waals surface area contributed by atoms with E-state index in [1.54, 1.807) is 6.07 Å². The van der Waals surface area contributed by atoms with Crippen molar-refractivity contribution in [3.8, 4) is 5.75 Å². The molecule has 0 radical (unpaired) electrons. The van der Waals surface area contributed by atoms with Crippen molar-refractivity contribution in [1.82, 2.24) is 9.21 Å². The van der Waals surface area contributed by atoms with Gasteiger partial charge in [-0.2, -0.15) is 4.31 Å². The normalized spacial score (nSPS) is 18.3. The molecule has 2 aliphatic rings. The van der Waals surface area contributed by atoms with Gasteiger partial charge in [0.15, 0.2) is 0 Å².